The monoisotopic (exact) mass is 262 g/mol. The minimum Gasteiger partial charge on any atom is -0.392 e. The lowest BCUT2D eigenvalue weighted by molar-refractivity contribution is -0.199. The van der Waals surface area contributed by atoms with Crippen LogP contribution < -0.4 is 4.90 Å². The maximum absolute atomic E-state index is 10.2. The number of aliphatic hydroxyl groups excluding tert-OH is 1. The van der Waals surface area contributed by atoms with Gasteiger partial charge >= 0.3 is 0 Å². The summed E-state index contributed by atoms with van der Waals surface area (Å²) < 4.78 is 5.79. The van der Waals surface area contributed by atoms with Crippen molar-refractivity contribution < 1.29 is 9.84 Å². The van der Waals surface area contributed by atoms with Crippen LogP contribution in [0.4, 0.5) is 5.82 Å². The average molecular weight is 262 g/mol. The first kappa shape index (κ1) is 12.9. The molecule has 0 unspecified atom stereocenters. The average Bonchev–Trinajstić information content (AvgIpc) is 2.48. The van der Waals surface area contributed by atoms with E-state index < -0.39 is 0 Å². The van der Waals surface area contributed by atoms with Gasteiger partial charge in [-0.3, -0.25) is 0 Å². The van der Waals surface area contributed by atoms with E-state index >= 15 is 0 Å². The summed E-state index contributed by atoms with van der Waals surface area (Å²) in [5.41, 5.74) is 0.00128. The molecule has 1 aliphatic carbocycles. The molecule has 2 fully saturated rings. The van der Waals surface area contributed by atoms with Crippen LogP contribution in [0.2, 0.25) is 0 Å². The van der Waals surface area contributed by atoms with Gasteiger partial charge in [0.1, 0.15) is 5.82 Å². The molecule has 4 heteroatoms. The third-order valence-corrected chi connectivity index (χ3v) is 4.78. The summed E-state index contributed by atoms with van der Waals surface area (Å²) in [5.74, 6) is 1.04. The smallest absolute Gasteiger partial charge is 0.128 e. The zero-order chi connectivity index (χ0) is 13.3. The number of rotatable bonds is 3. The Kier molecular flexibility index (Phi) is 3.46. The standard InChI is InChI=1S/C15H22N2O2/c1-2-19-13-11-12(18)15(13)6-9-17(10-7-15)14-5-3-4-8-16-14/h3-5,8,12-13,18H,2,6-7,9-11H2,1H3/t12-,13-/m0/s1. The largest absolute Gasteiger partial charge is 0.392 e. The van der Waals surface area contributed by atoms with E-state index in [2.05, 4.69) is 16.0 Å². The topological polar surface area (TPSA) is 45.6 Å². The second-order valence-electron chi connectivity index (χ2n) is 5.60. The normalized spacial score (nSPS) is 29.3. The van der Waals surface area contributed by atoms with Crippen LogP contribution in [0.1, 0.15) is 26.2 Å². The molecule has 4 nitrogen and oxygen atoms in total. The van der Waals surface area contributed by atoms with Gasteiger partial charge in [-0.25, -0.2) is 4.98 Å². The molecule has 1 spiro atoms. The van der Waals surface area contributed by atoms with Gasteiger partial charge in [0.15, 0.2) is 0 Å². The van der Waals surface area contributed by atoms with Crippen molar-refractivity contribution in [3.63, 3.8) is 0 Å². The number of aliphatic hydroxyl groups is 1. The molecule has 2 atom stereocenters. The van der Waals surface area contributed by atoms with Crippen molar-refractivity contribution in [2.24, 2.45) is 5.41 Å². The maximum Gasteiger partial charge on any atom is 0.128 e. The van der Waals surface area contributed by atoms with Crippen molar-refractivity contribution in [1.29, 1.82) is 0 Å². The summed E-state index contributed by atoms with van der Waals surface area (Å²) in [5, 5.41) is 10.2. The molecule has 19 heavy (non-hydrogen) atoms. The quantitative estimate of drug-likeness (QED) is 0.903. The van der Waals surface area contributed by atoms with Crippen LogP contribution in [0.15, 0.2) is 24.4 Å². The zero-order valence-corrected chi connectivity index (χ0v) is 11.5. The molecule has 2 heterocycles. The van der Waals surface area contributed by atoms with Crippen molar-refractivity contribution in [2.75, 3.05) is 24.6 Å². The predicted octanol–water partition coefficient (Wildman–Crippen LogP) is 1.84. The van der Waals surface area contributed by atoms with E-state index in [1.54, 1.807) is 0 Å². The molecule has 3 rings (SSSR count). The van der Waals surface area contributed by atoms with Crippen molar-refractivity contribution in [3.8, 4) is 0 Å². The highest BCUT2D eigenvalue weighted by molar-refractivity contribution is 5.38. The lowest BCUT2D eigenvalue weighted by Gasteiger charge is -2.56. The predicted molar refractivity (Wildman–Crippen MR) is 74.2 cm³/mol. The molecule has 1 saturated carbocycles. The van der Waals surface area contributed by atoms with Gasteiger partial charge in [-0.2, -0.15) is 0 Å². The van der Waals surface area contributed by atoms with E-state index in [1.807, 2.05) is 25.3 Å². The molecule has 104 valence electrons. The Labute approximate surface area is 114 Å². The van der Waals surface area contributed by atoms with Gasteiger partial charge in [-0.05, 0) is 31.9 Å². The molecule has 1 N–H and O–H groups in total. The Hall–Kier alpha value is -1.13. The Bertz CT molecular complexity index is 413. The number of nitrogens with zero attached hydrogens (tertiary/aromatic N) is 2. The third-order valence-electron chi connectivity index (χ3n) is 4.78. The molecule has 1 saturated heterocycles. The van der Waals surface area contributed by atoms with Gasteiger partial charge in [0.25, 0.3) is 0 Å². The molecular weight excluding hydrogens is 240 g/mol. The van der Waals surface area contributed by atoms with Crippen LogP contribution in [0.25, 0.3) is 0 Å². The minimum absolute atomic E-state index is 0.00128. The molecule has 0 radical (unpaired) electrons. The zero-order valence-electron chi connectivity index (χ0n) is 11.5. The Morgan fingerprint density at radius 3 is 2.79 bits per heavy atom. The summed E-state index contributed by atoms with van der Waals surface area (Å²) in [6.45, 7) is 4.68. The first-order valence-corrected chi connectivity index (χ1v) is 7.22. The van der Waals surface area contributed by atoms with Crippen LogP contribution >= 0.6 is 0 Å². The molecule has 0 bridgehead atoms. The van der Waals surface area contributed by atoms with E-state index in [0.29, 0.717) is 0 Å². The van der Waals surface area contributed by atoms with Gasteiger partial charge < -0.3 is 14.7 Å². The van der Waals surface area contributed by atoms with Gasteiger partial charge in [0, 0.05) is 37.7 Å². The second kappa shape index (κ2) is 5.10. The van der Waals surface area contributed by atoms with Crippen molar-refractivity contribution >= 4 is 5.82 Å². The molecule has 1 aliphatic heterocycles. The van der Waals surface area contributed by atoms with Crippen molar-refractivity contribution in [2.45, 2.75) is 38.4 Å². The van der Waals surface area contributed by atoms with Crippen molar-refractivity contribution in [1.82, 2.24) is 4.98 Å². The minimum atomic E-state index is -0.185. The molecule has 1 aromatic heterocycles. The Morgan fingerprint density at radius 1 is 1.42 bits per heavy atom. The van der Waals surface area contributed by atoms with Gasteiger partial charge in [0.05, 0.1) is 12.2 Å². The van der Waals surface area contributed by atoms with Crippen molar-refractivity contribution in [3.05, 3.63) is 24.4 Å². The molecular formula is C15H22N2O2. The number of hydrogen-bond acceptors (Lipinski definition) is 4. The SMILES string of the molecule is CCO[C@H]1C[C@H](O)C12CCN(c1ccccn1)CC2. The van der Waals surface area contributed by atoms with Crippen LogP contribution in [0, 0.1) is 5.41 Å². The van der Waals surface area contributed by atoms with E-state index in [-0.39, 0.29) is 17.6 Å². The number of piperidine rings is 1. The molecule has 1 aromatic rings. The third kappa shape index (κ3) is 2.13. The number of pyridine rings is 1. The van der Waals surface area contributed by atoms with Gasteiger partial charge in [0.2, 0.25) is 0 Å². The van der Waals surface area contributed by atoms with E-state index in [9.17, 15) is 5.11 Å². The lowest BCUT2D eigenvalue weighted by atomic mass is 9.58. The highest BCUT2D eigenvalue weighted by Gasteiger charge is 2.56. The van der Waals surface area contributed by atoms with Gasteiger partial charge in [-0.1, -0.05) is 6.07 Å². The fourth-order valence-electron chi connectivity index (χ4n) is 3.51. The van der Waals surface area contributed by atoms with Crippen LogP contribution in [-0.2, 0) is 4.74 Å². The van der Waals surface area contributed by atoms with Crippen LogP contribution in [0.5, 0.6) is 0 Å². The van der Waals surface area contributed by atoms with E-state index in [0.717, 1.165) is 44.8 Å². The Balaban J connectivity index is 1.66. The highest BCUT2D eigenvalue weighted by Crippen LogP contribution is 2.51. The van der Waals surface area contributed by atoms with Gasteiger partial charge in [-0.15, -0.1) is 0 Å². The summed E-state index contributed by atoms with van der Waals surface area (Å²) in [6, 6.07) is 6.01. The summed E-state index contributed by atoms with van der Waals surface area (Å²) in [7, 11) is 0. The van der Waals surface area contributed by atoms with Crippen LogP contribution in [-0.4, -0.2) is 42.0 Å². The summed E-state index contributed by atoms with van der Waals surface area (Å²) in [4.78, 5) is 6.71. The maximum atomic E-state index is 10.2. The number of hydrogen-bond donors (Lipinski definition) is 1. The number of aromatic nitrogens is 1. The van der Waals surface area contributed by atoms with Crippen LogP contribution in [0.3, 0.4) is 0 Å². The fourth-order valence-corrected chi connectivity index (χ4v) is 3.51. The van der Waals surface area contributed by atoms with E-state index in [4.69, 9.17) is 4.74 Å². The summed E-state index contributed by atoms with van der Waals surface area (Å²) in [6.07, 6.45) is 4.69. The highest BCUT2D eigenvalue weighted by atomic mass is 16.5. The second-order valence-corrected chi connectivity index (χ2v) is 5.60. The fraction of sp³-hybridized carbons (Fsp3) is 0.667. The molecule has 0 amide bonds. The Morgan fingerprint density at radius 2 is 2.21 bits per heavy atom. The molecule has 2 aliphatic rings. The number of anilines is 1. The molecule has 0 aromatic carbocycles. The first-order valence-electron chi connectivity index (χ1n) is 7.22. The summed E-state index contributed by atoms with van der Waals surface area (Å²) >= 11 is 0. The first-order chi connectivity index (χ1) is 9.26. The number of ether oxygens (including phenoxy) is 1. The van der Waals surface area contributed by atoms with E-state index in [1.165, 1.54) is 0 Å². The lowest BCUT2D eigenvalue weighted by Crippen LogP contribution is -2.62.